The molecule has 0 aromatic carbocycles. The van der Waals surface area contributed by atoms with Crippen LogP contribution in [-0.4, -0.2) is 11.1 Å². The molecule has 0 radical (unpaired) electrons. The summed E-state index contributed by atoms with van der Waals surface area (Å²) >= 11 is 0. The molecule has 0 heterocycles. The van der Waals surface area contributed by atoms with E-state index in [1.54, 1.807) is 0 Å². The van der Waals surface area contributed by atoms with Gasteiger partial charge in [-0.2, -0.15) is 0 Å². The fourth-order valence-electron chi connectivity index (χ4n) is 0.454. The zero-order chi connectivity index (χ0) is 6.78. The van der Waals surface area contributed by atoms with Crippen molar-refractivity contribution < 1.29 is 62.7 Å². The van der Waals surface area contributed by atoms with Gasteiger partial charge in [0.05, 0.1) is 6.42 Å². The van der Waals surface area contributed by atoms with Crippen molar-refractivity contribution in [3.05, 3.63) is 0 Å². The number of aliphatic carboxylic acids is 1. The SMILES string of the molecule is CC(C)(C)CC(=O)O.[H-].[K+]. The van der Waals surface area contributed by atoms with Gasteiger partial charge in [0.2, 0.25) is 0 Å². The third-order valence-corrected chi connectivity index (χ3v) is 0.682. The monoisotopic (exact) mass is 156 g/mol. The summed E-state index contributed by atoms with van der Waals surface area (Å²) in [6, 6.07) is 0. The molecule has 0 unspecified atom stereocenters. The van der Waals surface area contributed by atoms with E-state index in [0.717, 1.165) is 0 Å². The second-order valence-corrected chi connectivity index (χ2v) is 3.13. The molecule has 0 aromatic rings. The Morgan fingerprint density at radius 1 is 1.56 bits per heavy atom. The topological polar surface area (TPSA) is 37.3 Å². The molecule has 50 valence electrons. The Bertz CT molecular complexity index is 98.4. The molecule has 0 aliphatic heterocycles. The zero-order valence-corrected chi connectivity index (χ0v) is 9.69. The largest absolute Gasteiger partial charge is 1.00 e. The molecule has 1 N–H and O–H groups in total. The average Bonchev–Trinajstić information content (AvgIpc) is 1.21. The predicted octanol–water partition coefficient (Wildman–Crippen LogP) is -1.38. The van der Waals surface area contributed by atoms with Gasteiger partial charge in [0, 0.05) is 0 Å². The van der Waals surface area contributed by atoms with Crippen molar-refractivity contribution >= 4 is 5.97 Å². The number of carboxylic acids is 1. The van der Waals surface area contributed by atoms with Crippen molar-refractivity contribution in [2.24, 2.45) is 5.41 Å². The third kappa shape index (κ3) is 12.3. The first kappa shape index (κ1) is 12.8. The first-order valence-corrected chi connectivity index (χ1v) is 2.63. The van der Waals surface area contributed by atoms with Crippen LogP contribution in [0.2, 0.25) is 0 Å². The standard InChI is InChI=1S/C6H12O2.K.H/c1-6(2,3)4-5(7)8;;/h4H2,1-3H3,(H,7,8);;/q;+1;-1. The molecule has 0 saturated heterocycles. The van der Waals surface area contributed by atoms with Crippen LogP contribution >= 0.6 is 0 Å². The van der Waals surface area contributed by atoms with Crippen molar-refractivity contribution in [1.82, 2.24) is 0 Å². The number of hydrogen-bond acceptors (Lipinski definition) is 1. The summed E-state index contributed by atoms with van der Waals surface area (Å²) in [4.78, 5) is 10.0. The van der Waals surface area contributed by atoms with Crippen LogP contribution in [-0.2, 0) is 4.79 Å². The van der Waals surface area contributed by atoms with E-state index < -0.39 is 5.97 Å². The van der Waals surface area contributed by atoms with Crippen LogP contribution in [0, 0.1) is 5.41 Å². The van der Waals surface area contributed by atoms with Crippen LogP contribution < -0.4 is 51.4 Å². The minimum Gasteiger partial charge on any atom is -1.00 e. The first-order chi connectivity index (χ1) is 3.42. The van der Waals surface area contributed by atoms with Crippen LogP contribution in [0.25, 0.3) is 0 Å². The normalized spacial score (nSPS) is 10.1. The molecular formula is C6H13KO2. The van der Waals surface area contributed by atoms with E-state index in [-0.39, 0.29) is 64.6 Å². The molecule has 0 rings (SSSR count). The molecule has 0 aromatic heterocycles. The fraction of sp³-hybridized carbons (Fsp3) is 0.833. The summed E-state index contributed by atoms with van der Waals surface area (Å²) in [7, 11) is 0. The molecule has 9 heavy (non-hydrogen) atoms. The van der Waals surface area contributed by atoms with E-state index in [4.69, 9.17) is 5.11 Å². The van der Waals surface area contributed by atoms with Gasteiger partial charge < -0.3 is 6.53 Å². The van der Waals surface area contributed by atoms with Gasteiger partial charge >= 0.3 is 57.4 Å². The van der Waals surface area contributed by atoms with E-state index >= 15 is 0 Å². The maximum atomic E-state index is 10.0. The van der Waals surface area contributed by atoms with E-state index in [1.165, 1.54) is 0 Å². The third-order valence-electron chi connectivity index (χ3n) is 0.682. The minimum atomic E-state index is -0.725. The second-order valence-electron chi connectivity index (χ2n) is 3.13. The molecule has 0 bridgehead atoms. The Morgan fingerprint density at radius 3 is 1.89 bits per heavy atom. The molecule has 0 aliphatic rings. The molecule has 0 fully saturated rings. The van der Waals surface area contributed by atoms with Gasteiger partial charge in [-0.05, 0) is 5.41 Å². The predicted molar refractivity (Wildman–Crippen MR) is 32.8 cm³/mol. The summed E-state index contributed by atoms with van der Waals surface area (Å²) in [6.07, 6.45) is 0.243. The van der Waals surface area contributed by atoms with Crippen LogP contribution in [0.5, 0.6) is 0 Å². The summed E-state index contributed by atoms with van der Waals surface area (Å²) in [5.41, 5.74) is -0.0775. The number of carbonyl (C=O) groups is 1. The summed E-state index contributed by atoms with van der Waals surface area (Å²) in [5, 5.41) is 8.25. The fourth-order valence-corrected chi connectivity index (χ4v) is 0.454. The van der Waals surface area contributed by atoms with Gasteiger partial charge in [-0.3, -0.25) is 4.79 Å². The second kappa shape index (κ2) is 4.85. The Labute approximate surface area is 99.9 Å². The minimum absolute atomic E-state index is 0. The Hall–Kier alpha value is 1.11. The summed E-state index contributed by atoms with van der Waals surface area (Å²) < 4.78 is 0. The maximum Gasteiger partial charge on any atom is 1.00 e. The van der Waals surface area contributed by atoms with E-state index in [9.17, 15) is 4.79 Å². The zero-order valence-electron chi connectivity index (χ0n) is 7.56. The van der Waals surface area contributed by atoms with Gasteiger partial charge in [0.15, 0.2) is 0 Å². The van der Waals surface area contributed by atoms with Crippen molar-refractivity contribution in [3.8, 4) is 0 Å². The molecule has 0 atom stereocenters. The van der Waals surface area contributed by atoms with E-state index in [0.29, 0.717) is 0 Å². The molecule has 0 aliphatic carbocycles. The van der Waals surface area contributed by atoms with Gasteiger partial charge in [0.1, 0.15) is 0 Å². The van der Waals surface area contributed by atoms with Crippen molar-refractivity contribution in [2.75, 3.05) is 0 Å². The van der Waals surface area contributed by atoms with Crippen molar-refractivity contribution in [2.45, 2.75) is 27.2 Å². The number of hydrogen-bond donors (Lipinski definition) is 1. The quantitative estimate of drug-likeness (QED) is 0.475. The molecule has 0 amide bonds. The Balaban J connectivity index is -0.000000245. The Morgan fingerprint density at radius 2 is 1.89 bits per heavy atom. The van der Waals surface area contributed by atoms with Crippen LogP contribution in [0.3, 0.4) is 0 Å². The summed E-state index contributed by atoms with van der Waals surface area (Å²) in [6.45, 7) is 5.71. The van der Waals surface area contributed by atoms with Crippen molar-refractivity contribution in [3.63, 3.8) is 0 Å². The average molecular weight is 156 g/mol. The number of rotatable bonds is 1. The van der Waals surface area contributed by atoms with Gasteiger partial charge in [0.25, 0.3) is 0 Å². The van der Waals surface area contributed by atoms with Gasteiger partial charge in [-0.15, -0.1) is 0 Å². The molecule has 0 spiro atoms. The van der Waals surface area contributed by atoms with Crippen molar-refractivity contribution in [1.29, 1.82) is 0 Å². The van der Waals surface area contributed by atoms with E-state index in [1.807, 2.05) is 20.8 Å². The smallest absolute Gasteiger partial charge is 1.00 e. The van der Waals surface area contributed by atoms with Crippen LogP contribution in [0.15, 0.2) is 0 Å². The molecular weight excluding hydrogens is 143 g/mol. The van der Waals surface area contributed by atoms with Crippen LogP contribution in [0.4, 0.5) is 0 Å². The van der Waals surface area contributed by atoms with E-state index in [2.05, 4.69) is 0 Å². The first-order valence-electron chi connectivity index (χ1n) is 2.63. The Kier molecular flexibility index (Phi) is 6.87. The molecule has 0 saturated carbocycles. The van der Waals surface area contributed by atoms with Gasteiger partial charge in [-0.1, -0.05) is 20.8 Å². The van der Waals surface area contributed by atoms with Crippen LogP contribution in [0.1, 0.15) is 28.6 Å². The summed E-state index contributed by atoms with van der Waals surface area (Å²) in [5.74, 6) is -0.725. The number of carboxylic acid groups (broad SMARTS) is 1. The van der Waals surface area contributed by atoms with Gasteiger partial charge in [-0.25, -0.2) is 0 Å². The maximum absolute atomic E-state index is 10.0. The molecule has 3 heteroatoms. The molecule has 2 nitrogen and oxygen atoms in total.